The summed E-state index contributed by atoms with van der Waals surface area (Å²) in [5.41, 5.74) is 1.74. The van der Waals surface area contributed by atoms with E-state index < -0.39 is 0 Å². The Morgan fingerprint density at radius 2 is 1.17 bits per heavy atom. The Morgan fingerprint density at radius 1 is 0.739 bits per heavy atom. The van der Waals surface area contributed by atoms with Crippen LogP contribution in [0.2, 0.25) is 0 Å². The van der Waals surface area contributed by atoms with Crippen molar-refractivity contribution in [1.29, 1.82) is 0 Å². The molecule has 4 heteroatoms. The molecule has 0 saturated carbocycles. The van der Waals surface area contributed by atoms with Crippen LogP contribution in [0.4, 0.5) is 11.4 Å². The topological polar surface area (TPSA) is 24.2 Å². The highest BCUT2D eigenvalue weighted by atomic mass is 35.5. The monoisotopic (exact) mass is 324 g/mol. The lowest BCUT2D eigenvalue weighted by atomic mass is 10.2. The van der Waals surface area contributed by atoms with Crippen molar-refractivity contribution in [3.05, 3.63) is 91.3 Å². The third-order valence-corrected chi connectivity index (χ3v) is 3.37. The SMILES string of the molecule is O=C(C[n+]1ccccc1)N(c1ccccc1)c1ccccc1.[Cl-]. The number of pyridine rings is 1. The molecule has 0 atom stereocenters. The van der Waals surface area contributed by atoms with Crippen LogP contribution in [-0.2, 0) is 11.3 Å². The molecule has 116 valence electrons. The van der Waals surface area contributed by atoms with Crippen molar-refractivity contribution in [2.24, 2.45) is 0 Å². The maximum Gasteiger partial charge on any atom is 0.297 e. The van der Waals surface area contributed by atoms with Gasteiger partial charge in [0.1, 0.15) is 0 Å². The number of rotatable bonds is 4. The summed E-state index contributed by atoms with van der Waals surface area (Å²) < 4.78 is 1.88. The first-order valence-electron chi connectivity index (χ1n) is 7.22. The number of benzene rings is 2. The van der Waals surface area contributed by atoms with Gasteiger partial charge in [-0.25, -0.2) is 0 Å². The fraction of sp³-hybridized carbons (Fsp3) is 0.0526. The summed E-state index contributed by atoms with van der Waals surface area (Å²) in [4.78, 5) is 14.6. The molecule has 3 aromatic rings. The summed E-state index contributed by atoms with van der Waals surface area (Å²) in [6.07, 6.45) is 3.79. The lowest BCUT2D eigenvalue weighted by molar-refractivity contribution is -0.684. The average Bonchev–Trinajstić information content (AvgIpc) is 2.58. The number of hydrogen-bond donors (Lipinski definition) is 0. The number of hydrogen-bond acceptors (Lipinski definition) is 1. The minimum absolute atomic E-state index is 0. The van der Waals surface area contributed by atoms with Crippen LogP contribution in [0.25, 0.3) is 0 Å². The van der Waals surface area contributed by atoms with Gasteiger partial charge in [-0.1, -0.05) is 42.5 Å². The zero-order valence-electron chi connectivity index (χ0n) is 12.5. The molecule has 3 rings (SSSR count). The molecule has 23 heavy (non-hydrogen) atoms. The zero-order valence-corrected chi connectivity index (χ0v) is 13.3. The average molecular weight is 325 g/mol. The Morgan fingerprint density at radius 3 is 1.65 bits per heavy atom. The number of amides is 1. The van der Waals surface area contributed by atoms with Gasteiger partial charge in [0, 0.05) is 23.5 Å². The van der Waals surface area contributed by atoms with E-state index in [1.165, 1.54) is 0 Å². The maximum absolute atomic E-state index is 12.8. The Labute approximate surface area is 142 Å². The van der Waals surface area contributed by atoms with Gasteiger partial charge < -0.3 is 12.4 Å². The van der Waals surface area contributed by atoms with E-state index in [0.29, 0.717) is 6.54 Å². The molecule has 0 aliphatic rings. The van der Waals surface area contributed by atoms with Crippen LogP contribution in [0.5, 0.6) is 0 Å². The van der Waals surface area contributed by atoms with Crippen molar-refractivity contribution in [1.82, 2.24) is 0 Å². The molecule has 0 N–H and O–H groups in total. The van der Waals surface area contributed by atoms with Gasteiger partial charge in [0.15, 0.2) is 12.4 Å². The van der Waals surface area contributed by atoms with Crippen molar-refractivity contribution in [3.63, 3.8) is 0 Å². The molecule has 0 aliphatic heterocycles. The first kappa shape index (κ1) is 16.7. The van der Waals surface area contributed by atoms with E-state index in [9.17, 15) is 4.79 Å². The second-order valence-electron chi connectivity index (χ2n) is 4.95. The largest absolute Gasteiger partial charge is 1.00 e. The predicted octanol–water partition coefficient (Wildman–Crippen LogP) is 0.343. The Hall–Kier alpha value is -2.65. The number of para-hydroxylation sites is 2. The van der Waals surface area contributed by atoms with Gasteiger partial charge in [-0.2, -0.15) is 4.57 Å². The first-order valence-corrected chi connectivity index (χ1v) is 7.22. The molecule has 0 bridgehead atoms. The second kappa shape index (κ2) is 8.11. The molecule has 2 aromatic carbocycles. The van der Waals surface area contributed by atoms with Crippen LogP contribution >= 0.6 is 0 Å². The number of halogens is 1. The first-order chi connectivity index (χ1) is 10.8. The highest BCUT2D eigenvalue weighted by molar-refractivity contribution is 5.99. The van der Waals surface area contributed by atoms with Crippen molar-refractivity contribution >= 4 is 17.3 Å². The highest BCUT2D eigenvalue weighted by Crippen LogP contribution is 2.24. The smallest absolute Gasteiger partial charge is 0.297 e. The number of aromatic nitrogens is 1. The summed E-state index contributed by atoms with van der Waals surface area (Å²) in [7, 11) is 0. The van der Waals surface area contributed by atoms with Gasteiger partial charge >= 0.3 is 0 Å². The lowest BCUT2D eigenvalue weighted by Gasteiger charge is -2.21. The van der Waals surface area contributed by atoms with Crippen LogP contribution in [0.1, 0.15) is 0 Å². The minimum atomic E-state index is 0. The van der Waals surface area contributed by atoms with E-state index in [1.54, 1.807) is 4.90 Å². The normalized spacial score (nSPS) is 9.74. The van der Waals surface area contributed by atoms with Crippen molar-refractivity contribution in [2.75, 3.05) is 4.90 Å². The molecule has 1 amide bonds. The summed E-state index contributed by atoms with van der Waals surface area (Å²) >= 11 is 0. The summed E-state index contributed by atoms with van der Waals surface area (Å²) in [5.74, 6) is 0.0219. The fourth-order valence-electron chi connectivity index (χ4n) is 2.36. The van der Waals surface area contributed by atoms with Gasteiger partial charge in [0.05, 0.1) is 0 Å². The van der Waals surface area contributed by atoms with Crippen LogP contribution in [-0.4, -0.2) is 5.91 Å². The van der Waals surface area contributed by atoms with Crippen molar-refractivity contribution < 1.29 is 21.8 Å². The van der Waals surface area contributed by atoms with Crippen molar-refractivity contribution in [2.45, 2.75) is 6.54 Å². The number of nitrogens with zero attached hydrogens (tertiary/aromatic N) is 2. The molecular weight excluding hydrogens is 308 g/mol. The van der Waals surface area contributed by atoms with Crippen LogP contribution in [0.15, 0.2) is 91.3 Å². The zero-order chi connectivity index (χ0) is 15.2. The molecule has 3 nitrogen and oxygen atoms in total. The van der Waals surface area contributed by atoms with Gasteiger partial charge in [0.2, 0.25) is 6.54 Å². The molecule has 0 saturated heterocycles. The summed E-state index contributed by atoms with van der Waals surface area (Å²) in [6, 6.07) is 25.2. The van der Waals surface area contributed by atoms with E-state index in [-0.39, 0.29) is 18.3 Å². The van der Waals surface area contributed by atoms with E-state index in [0.717, 1.165) is 11.4 Å². The van der Waals surface area contributed by atoms with E-state index in [2.05, 4.69) is 0 Å². The number of carbonyl (C=O) groups excluding carboxylic acids is 1. The van der Waals surface area contributed by atoms with Crippen LogP contribution in [0, 0.1) is 0 Å². The molecule has 0 radical (unpaired) electrons. The molecular formula is C19H17ClN2O. The Bertz CT molecular complexity index is 694. The maximum atomic E-state index is 12.8. The number of anilines is 2. The molecule has 0 unspecified atom stereocenters. The molecule has 0 aliphatic carbocycles. The highest BCUT2D eigenvalue weighted by Gasteiger charge is 2.21. The number of carbonyl (C=O) groups is 1. The molecule has 1 heterocycles. The summed E-state index contributed by atoms with van der Waals surface area (Å²) in [6.45, 7) is 0.296. The molecule has 0 fully saturated rings. The van der Waals surface area contributed by atoms with E-state index in [4.69, 9.17) is 0 Å². The van der Waals surface area contributed by atoms with Crippen molar-refractivity contribution in [3.8, 4) is 0 Å². The minimum Gasteiger partial charge on any atom is -1.00 e. The van der Waals surface area contributed by atoms with Gasteiger partial charge in [-0.05, 0) is 24.3 Å². The predicted molar refractivity (Wildman–Crippen MR) is 86.7 cm³/mol. The standard InChI is InChI=1S/C19H17N2O.ClH/c22-19(16-20-14-8-3-9-15-20)21(17-10-4-1-5-11-17)18-12-6-2-7-13-18;/h1-15H,16H2;1H/q+1;/p-1. The molecule has 0 spiro atoms. The second-order valence-corrected chi connectivity index (χ2v) is 4.95. The third-order valence-electron chi connectivity index (χ3n) is 3.37. The van der Waals surface area contributed by atoms with E-state index in [1.807, 2.05) is 95.8 Å². The Balaban J connectivity index is 0.00000192. The van der Waals surface area contributed by atoms with Gasteiger partial charge in [-0.3, -0.25) is 9.69 Å². The lowest BCUT2D eigenvalue weighted by Crippen LogP contribution is -3.00. The van der Waals surface area contributed by atoms with Crippen LogP contribution < -0.4 is 21.9 Å². The summed E-state index contributed by atoms with van der Waals surface area (Å²) in [5, 5.41) is 0. The van der Waals surface area contributed by atoms with Gasteiger partial charge in [-0.15, -0.1) is 0 Å². The van der Waals surface area contributed by atoms with Gasteiger partial charge in [0.25, 0.3) is 5.91 Å². The molecule has 1 aromatic heterocycles. The quantitative estimate of drug-likeness (QED) is 0.635. The van der Waals surface area contributed by atoms with Crippen LogP contribution in [0.3, 0.4) is 0 Å². The van der Waals surface area contributed by atoms with E-state index >= 15 is 0 Å². The third kappa shape index (κ3) is 4.18. The Kier molecular flexibility index (Phi) is 5.89. The fourth-order valence-corrected chi connectivity index (χ4v) is 2.36.